The Kier molecular flexibility index (Phi) is 8.34. The van der Waals surface area contributed by atoms with Gasteiger partial charge in [-0.1, -0.05) is 26.0 Å². The first-order chi connectivity index (χ1) is 14.3. The van der Waals surface area contributed by atoms with Gasteiger partial charge in [0, 0.05) is 18.2 Å². The second-order valence-electron chi connectivity index (χ2n) is 7.03. The first kappa shape index (κ1) is 22.9. The largest absolute Gasteiger partial charge is 0.497 e. The van der Waals surface area contributed by atoms with Crippen LogP contribution in [0.5, 0.6) is 5.75 Å². The van der Waals surface area contributed by atoms with Gasteiger partial charge in [-0.15, -0.1) is 0 Å². The Bertz CT molecular complexity index is 867. The molecule has 0 aliphatic heterocycles. The molecule has 0 fully saturated rings. The first-order valence-electron chi connectivity index (χ1n) is 9.52. The molecular formula is C22H26FN3O4. The number of carbonyl (C=O) groups is 3. The smallest absolute Gasteiger partial charge is 0.243 e. The Balaban J connectivity index is 1.89. The summed E-state index contributed by atoms with van der Waals surface area (Å²) < 4.78 is 18.2. The standard InChI is InChI=1S/C22H26FN3O4/c1-15(2)22(29)26(13-16-4-6-17(23)7-5-16)14-21(28)24-12-20(27)25-18-8-10-19(30-3)11-9-18/h4-11,15H,12-14H2,1-3H3,(H,24,28)(H,25,27). The van der Waals surface area contributed by atoms with Crippen LogP contribution in [0.25, 0.3) is 0 Å². The molecule has 0 aliphatic carbocycles. The number of rotatable bonds is 9. The second kappa shape index (κ2) is 10.9. The van der Waals surface area contributed by atoms with Crippen LogP contribution in [0.2, 0.25) is 0 Å². The summed E-state index contributed by atoms with van der Waals surface area (Å²) >= 11 is 0. The van der Waals surface area contributed by atoms with Crippen LogP contribution >= 0.6 is 0 Å². The molecule has 2 rings (SSSR count). The van der Waals surface area contributed by atoms with Crippen LogP contribution in [0.3, 0.4) is 0 Å². The maximum absolute atomic E-state index is 13.1. The van der Waals surface area contributed by atoms with Crippen molar-refractivity contribution in [3.63, 3.8) is 0 Å². The van der Waals surface area contributed by atoms with Gasteiger partial charge in [-0.05, 0) is 42.0 Å². The van der Waals surface area contributed by atoms with Gasteiger partial charge in [-0.25, -0.2) is 4.39 Å². The molecular weight excluding hydrogens is 389 g/mol. The lowest BCUT2D eigenvalue weighted by atomic mass is 10.1. The topological polar surface area (TPSA) is 87.7 Å². The molecule has 0 aromatic heterocycles. The van der Waals surface area contributed by atoms with Gasteiger partial charge in [-0.2, -0.15) is 0 Å². The number of nitrogens with zero attached hydrogens (tertiary/aromatic N) is 1. The Labute approximate surface area is 175 Å². The molecule has 0 bridgehead atoms. The third kappa shape index (κ3) is 7.20. The minimum absolute atomic E-state index is 0.169. The number of carbonyl (C=O) groups excluding carboxylic acids is 3. The lowest BCUT2D eigenvalue weighted by Gasteiger charge is -2.24. The minimum Gasteiger partial charge on any atom is -0.497 e. The fourth-order valence-corrected chi connectivity index (χ4v) is 2.67. The Hall–Kier alpha value is -3.42. The molecule has 0 unspecified atom stereocenters. The summed E-state index contributed by atoms with van der Waals surface area (Å²) in [5.74, 6) is -1.09. The zero-order valence-electron chi connectivity index (χ0n) is 17.3. The fourth-order valence-electron chi connectivity index (χ4n) is 2.67. The Morgan fingerprint density at radius 2 is 1.63 bits per heavy atom. The van der Waals surface area contributed by atoms with Crippen LogP contribution in [-0.2, 0) is 20.9 Å². The van der Waals surface area contributed by atoms with Crippen LogP contribution in [-0.4, -0.2) is 42.8 Å². The van der Waals surface area contributed by atoms with E-state index in [0.717, 1.165) is 0 Å². The number of methoxy groups -OCH3 is 1. The normalized spacial score (nSPS) is 10.4. The SMILES string of the molecule is COc1ccc(NC(=O)CNC(=O)CN(Cc2ccc(F)cc2)C(=O)C(C)C)cc1. The molecule has 2 aromatic rings. The van der Waals surface area contributed by atoms with E-state index in [-0.39, 0.29) is 37.3 Å². The molecule has 2 aromatic carbocycles. The van der Waals surface area contributed by atoms with Gasteiger partial charge in [0.2, 0.25) is 17.7 Å². The summed E-state index contributed by atoms with van der Waals surface area (Å²) in [5.41, 5.74) is 1.28. The van der Waals surface area contributed by atoms with Crippen molar-refractivity contribution in [2.45, 2.75) is 20.4 Å². The third-order valence-electron chi connectivity index (χ3n) is 4.25. The van der Waals surface area contributed by atoms with Crippen LogP contribution in [0.15, 0.2) is 48.5 Å². The van der Waals surface area contributed by atoms with Crippen molar-refractivity contribution in [3.8, 4) is 5.75 Å². The van der Waals surface area contributed by atoms with Crippen molar-refractivity contribution >= 4 is 23.4 Å². The molecule has 0 radical (unpaired) electrons. The number of ether oxygens (including phenoxy) is 1. The molecule has 7 nitrogen and oxygen atoms in total. The average Bonchev–Trinajstić information content (AvgIpc) is 2.73. The van der Waals surface area contributed by atoms with Gasteiger partial charge in [0.05, 0.1) is 20.2 Å². The van der Waals surface area contributed by atoms with Gasteiger partial charge < -0.3 is 20.3 Å². The van der Waals surface area contributed by atoms with Gasteiger partial charge in [0.1, 0.15) is 11.6 Å². The maximum Gasteiger partial charge on any atom is 0.243 e. The van der Waals surface area contributed by atoms with E-state index in [4.69, 9.17) is 4.74 Å². The monoisotopic (exact) mass is 415 g/mol. The maximum atomic E-state index is 13.1. The molecule has 3 amide bonds. The summed E-state index contributed by atoms with van der Waals surface area (Å²) in [4.78, 5) is 38.2. The van der Waals surface area contributed by atoms with Crippen LogP contribution < -0.4 is 15.4 Å². The van der Waals surface area contributed by atoms with E-state index in [0.29, 0.717) is 17.0 Å². The molecule has 160 valence electrons. The number of hydrogen-bond acceptors (Lipinski definition) is 4. The van der Waals surface area contributed by atoms with Crippen LogP contribution in [0, 0.1) is 11.7 Å². The third-order valence-corrected chi connectivity index (χ3v) is 4.25. The number of halogens is 1. The van der Waals surface area contributed by atoms with E-state index in [1.807, 2.05) is 0 Å². The molecule has 0 saturated carbocycles. The molecule has 2 N–H and O–H groups in total. The van der Waals surface area contributed by atoms with E-state index in [9.17, 15) is 18.8 Å². The van der Waals surface area contributed by atoms with Crippen molar-refractivity contribution in [2.75, 3.05) is 25.5 Å². The minimum atomic E-state index is -0.462. The number of benzene rings is 2. The summed E-state index contributed by atoms with van der Waals surface area (Å²) in [6, 6.07) is 12.5. The molecule has 0 atom stereocenters. The summed E-state index contributed by atoms with van der Waals surface area (Å²) in [6.07, 6.45) is 0. The van der Waals surface area contributed by atoms with Gasteiger partial charge in [-0.3, -0.25) is 14.4 Å². The number of anilines is 1. The molecule has 0 saturated heterocycles. The number of hydrogen-bond donors (Lipinski definition) is 2. The van der Waals surface area contributed by atoms with Crippen molar-refractivity contribution in [2.24, 2.45) is 5.92 Å². The quantitative estimate of drug-likeness (QED) is 0.659. The highest BCUT2D eigenvalue weighted by molar-refractivity contribution is 5.95. The lowest BCUT2D eigenvalue weighted by molar-refractivity contribution is -0.139. The Morgan fingerprint density at radius 1 is 1.00 bits per heavy atom. The van der Waals surface area contributed by atoms with Crippen molar-refractivity contribution in [3.05, 3.63) is 59.9 Å². The highest BCUT2D eigenvalue weighted by Gasteiger charge is 2.20. The van der Waals surface area contributed by atoms with Crippen molar-refractivity contribution < 1.29 is 23.5 Å². The molecule has 0 spiro atoms. The van der Waals surface area contributed by atoms with Crippen molar-refractivity contribution in [1.82, 2.24) is 10.2 Å². The van der Waals surface area contributed by atoms with E-state index in [1.165, 1.54) is 17.0 Å². The Morgan fingerprint density at radius 3 is 2.20 bits per heavy atom. The molecule has 0 aliphatic rings. The molecule has 0 heterocycles. The van der Waals surface area contributed by atoms with Crippen LogP contribution in [0.4, 0.5) is 10.1 Å². The zero-order valence-corrected chi connectivity index (χ0v) is 17.3. The molecule has 8 heteroatoms. The van der Waals surface area contributed by atoms with Gasteiger partial charge in [0.15, 0.2) is 0 Å². The van der Waals surface area contributed by atoms with E-state index in [2.05, 4.69) is 10.6 Å². The highest BCUT2D eigenvalue weighted by Crippen LogP contribution is 2.14. The summed E-state index contributed by atoms with van der Waals surface area (Å²) in [6.45, 7) is 3.21. The van der Waals surface area contributed by atoms with E-state index in [1.54, 1.807) is 57.4 Å². The van der Waals surface area contributed by atoms with E-state index < -0.39 is 11.8 Å². The average molecular weight is 415 g/mol. The lowest BCUT2D eigenvalue weighted by Crippen LogP contribution is -2.43. The summed E-state index contributed by atoms with van der Waals surface area (Å²) in [5, 5.41) is 5.18. The zero-order chi connectivity index (χ0) is 22.1. The summed E-state index contributed by atoms with van der Waals surface area (Å²) in [7, 11) is 1.55. The van der Waals surface area contributed by atoms with Crippen LogP contribution in [0.1, 0.15) is 19.4 Å². The number of amides is 3. The predicted molar refractivity (Wildman–Crippen MR) is 111 cm³/mol. The predicted octanol–water partition coefficient (Wildman–Crippen LogP) is 2.57. The van der Waals surface area contributed by atoms with Gasteiger partial charge >= 0.3 is 0 Å². The highest BCUT2D eigenvalue weighted by atomic mass is 19.1. The first-order valence-corrected chi connectivity index (χ1v) is 9.52. The second-order valence-corrected chi connectivity index (χ2v) is 7.03. The molecule has 30 heavy (non-hydrogen) atoms. The van der Waals surface area contributed by atoms with Crippen molar-refractivity contribution in [1.29, 1.82) is 0 Å². The van der Waals surface area contributed by atoms with E-state index >= 15 is 0 Å². The number of nitrogens with one attached hydrogen (secondary N) is 2. The fraction of sp³-hybridized carbons (Fsp3) is 0.318. The van der Waals surface area contributed by atoms with Gasteiger partial charge in [0.25, 0.3) is 0 Å².